The van der Waals surface area contributed by atoms with E-state index in [-0.39, 0.29) is 30.0 Å². The van der Waals surface area contributed by atoms with Gasteiger partial charge >= 0.3 is 6.18 Å². The quantitative estimate of drug-likeness (QED) is 0.511. The standard InChI is InChI=1S/C22H20F3N3O3/c1-14-3-2-4-15(9-14)11-27-20(29)12-26-19-6-5-17(10-18(19)22(23,24)25)28-21(30)16-7-8-31-13-16/h2-10,13,26H,11-12H2,1H3,(H,27,29)(H,28,30). The van der Waals surface area contributed by atoms with E-state index in [4.69, 9.17) is 4.42 Å². The van der Waals surface area contributed by atoms with Gasteiger partial charge in [0.25, 0.3) is 5.91 Å². The Morgan fingerprint density at radius 3 is 2.55 bits per heavy atom. The Kier molecular flexibility index (Phi) is 6.64. The molecule has 0 radical (unpaired) electrons. The average molecular weight is 431 g/mol. The number of nitrogens with one attached hydrogen (secondary N) is 3. The van der Waals surface area contributed by atoms with Crippen molar-refractivity contribution in [3.05, 3.63) is 83.3 Å². The van der Waals surface area contributed by atoms with Gasteiger partial charge in [-0.3, -0.25) is 9.59 Å². The maximum atomic E-state index is 13.5. The van der Waals surface area contributed by atoms with Crippen molar-refractivity contribution in [1.82, 2.24) is 5.32 Å². The molecule has 2 aromatic carbocycles. The summed E-state index contributed by atoms with van der Waals surface area (Å²) >= 11 is 0. The van der Waals surface area contributed by atoms with Crippen molar-refractivity contribution in [2.45, 2.75) is 19.6 Å². The zero-order chi connectivity index (χ0) is 22.4. The number of carbonyl (C=O) groups excluding carboxylic acids is 2. The Hall–Kier alpha value is -3.75. The summed E-state index contributed by atoms with van der Waals surface area (Å²) in [7, 11) is 0. The number of amides is 2. The van der Waals surface area contributed by atoms with E-state index in [1.54, 1.807) is 0 Å². The number of hydrogen-bond donors (Lipinski definition) is 3. The van der Waals surface area contributed by atoms with Gasteiger partial charge in [0.2, 0.25) is 5.91 Å². The van der Waals surface area contributed by atoms with E-state index in [0.29, 0.717) is 0 Å². The third-order valence-electron chi connectivity index (χ3n) is 4.38. The van der Waals surface area contributed by atoms with Gasteiger partial charge in [-0.1, -0.05) is 29.8 Å². The molecule has 0 bridgehead atoms. The summed E-state index contributed by atoms with van der Waals surface area (Å²) in [6, 6.07) is 12.2. The van der Waals surface area contributed by atoms with Crippen LogP contribution in [0.1, 0.15) is 27.0 Å². The highest BCUT2D eigenvalue weighted by molar-refractivity contribution is 6.04. The molecular formula is C22H20F3N3O3. The Balaban J connectivity index is 1.64. The SMILES string of the molecule is Cc1cccc(CNC(=O)CNc2ccc(NC(=O)c3ccoc3)cc2C(F)(F)F)c1. The first-order chi connectivity index (χ1) is 14.7. The van der Waals surface area contributed by atoms with Gasteiger partial charge in [0.05, 0.1) is 23.9 Å². The molecule has 31 heavy (non-hydrogen) atoms. The van der Waals surface area contributed by atoms with Crippen molar-refractivity contribution >= 4 is 23.2 Å². The maximum absolute atomic E-state index is 13.5. The van der Waals surface area contributed by atoms with Crippen LogP contribution in [0.15, 0.2) is 65.5 Å². The van der Waals surface area contributed by atoms with Crippen LogP contribution < -0.4 is 16.0 Å². The molecule has 0 spiro atoms. The van der Waals surface area contributed by atoms with Gasteiger partial charge in [0.1, 0.15) is 6.26 Å². The normalized spacial score (nSPS) is 11.1. The van der Waals surface area contributed by atoms with Crippen molar-refractivity contribution in [2.75, 3.05) is 17.2 Å². The predicted molar refractivity (Wildman–Crippen MR) is 110 cm³/mol. The van der Waals surface area contributed by atoms with Gasteiger partial charge in [-0.15, -0.1) is 0 Å². The number of hydrogen-bond acceptors (Lipinski definition) is 4. The van der Waals surface area contributed by atoms with Gasteiger partial charge in [-0.25, -0.2) is 0 Å². The van der Waals surface area contributed by atoms with Gasteiger partial charge in [0, 0.05) is 17.9 Å². The van der Waals surface area contributed by atoms with E-state index in [1.165, 1.54) is 30.7 Å². The Labute approximate surface area is 176 Å². The second-order valence-electron chi connectivity index (χ2n) is 6.84. The first-order valence-electron chi connectivity index (χ1n) is 9.33. The molecule has 1 heterocycles. The van der Waals surface area contributed by atoms with Crippen LogP contribution in [0.25, 0.3) is 0 Å². The molecule has 0 saturated carbocycles. The highest BCUT2D eigenvalue weighted by Crippen LogP contribution is 2.36. The van der Waals surface area contributed by atoms with E-state index in [9.17, 15) is 22.8 Å². The molecule has 6 nitrogen and oxygen atoms in total. The third-order valence-corrected chi connectivity index (χ3v) is 4.38. The molecule has 0 aliphatic rings. The fourth-order valence-electron chi connectivity index (χ4n) is 2.87. The molecule has 2 amide bonds. The van der Waals surface area contributed by atoms with E-state index in [2.05, 4.69) is 16.0 Å². The Bertz CT molecular complexity index is 1060. The van der Waals surface area contributed by atoms with E-state index in [1.807, 2.05) is 31.2 Å². The number of aryl methyl sites for hydroxylation is 1. The second-order valence-corrected chi connectivity index (χ2v) is 6.84. The van der Waals surface area contributed by atoms with E-state index >= 15 is 0 Å². The van der Waals surface area contributed by atoms with Crippen LogP contribution in [0, 0.1) is 6.92 Å². The van der Waals surface area contributed by atoms with E-state index < -0.39 is 23.6 Å². The number of benzene rings is 2. The zero-order valence-corrected chi connectivity index (χ0v) is 16.5. The van der Waals surface area contributed by atoms with Gasteiger partial charge in [0.15, 0.2) is 0 Å². The van der Waals surface area contributed by atoms with Gasteiger partial charge in [-0.05, 0) is 36.8 Å². The Morgan fingerprint density at radius 2 is 1.87 bits per heavy atom. The van der Waals surface area contributed by atoms with Crippen molar-refractivity contribution in [3.8, 4) is 0 Å². The minimum absolute atomic E-state index is 0.0343. The lowest BCUT2D eigenvalue weighted by atomic mass is 10.1. The highest BCUT2D eigenvalue weighted by Gasteiger charge is 2.34. The van der Waals surface area contributed by atoms with Crippen LogP contribution in [0.3, 0.4) is 0 Å². The van der Waals surface area contributed by atoms with Crippen molar-refractivity contribution in [2.24, 2.45) is 0 Å². The summed E-state index contributed by atoms with van der Waals surface area (Å²) in [6.07, 6.45) is -2.21. The van der Waals surface area contributed by atoms with Crippen LogP contribution in [0.4, 0.5) is 24.5 Å². The number of carbonyl (C=O) groups is 2. The molecule has 162 valence electrons. The molecule has 3 N–H and O–H groups in total. The lowest BCUT2D eigenvalue weighted by Crippen LogP contribution is -2.30. The molecule has 0 aliphatic carbocycles. The number of rotatable bonds is 7. The predicted octanol–water partition coefficient (Wildman–Crippen LogP) is 4.59. The number of anilines is 2. The summed E-state index contributed by atoms with van der Waals surface area (Å²) in [4.78, 5) is 24.1. The monoisotopic (exact) mass is 431 g/mol. The molecule has 0 aliphatic heterocycles. The number of alkyl halides is 3. The van der Waals surface area contributed by atoms with Crippen LogP contribution in [0.5, 0.6) is 0 Å². The van der Waals surface area contributed by atoms with Crippen LogP contribution in [-0.4, -0.2) is 18.4 Å². The van der Waals surface area contributed by atoms with Crippen molar-refractivity contribution in [1.29, 1.82) is 0 Å². The minimum atomic E-state index is -4.68. The molecule has 0 saturated heterocycles. The lowest BCUT2D eigenvalue weighted by Gasteiger charge is -2.16. The lowest BCUT2D eigenvalue weighted by molar-refractivity contribution is -0.137. The first kappa shape index (κ1) is 21.9. The van der Waals surface area contributed by atoms with Crippen molar-refractivity contribution < 1.29 is 27.2 Å². The molecule has 0 unspecified atom stereocenters. The summed E-state index contributed by atoms with van der Waals surface area (Å²) in [5.41, 5.74) is 0.819. The number of halogens is 3. The summed E-state index contributed by atoms with van der Waals surface area (Å²) in [6.45, 7) is 1.86. The molecule has 0 fully saturated rings. The molecule has 1 aromatic heterocycles. The van der Waals surface area contributed by atoms with Crippen LogP contribution in [0.2, 0.25) is 0 Å². The van der Waals surface area contributed by atoms with Gasteiger partial charge in [-0.2, -0.15) is 13.2 Å². The van der Waals surface area contributed by atoms with E-state index in [0.717, 1.165) is 17.2 Å². The maximum Gasteiger partial charge on any atom is 0.418 e. The first-order valence-corrected chi connectivity index (χ1v) is 9.33. The topological polar surface area (TPSA) is 83.4 Å². The highest BCUT2D eigenvalue weighted by atomic mass is 19.4. The molecule has 9 heteroatoms. The smallest absolute Gasteiger partial charge is 0.418 e. The fourth-order valence-corrected chi connectivity index (χ4v) is 2.87. The molecule has 0 atom stereocenters. The third kappa shape index (κ3) is 6.11. The van der Waals surface area contributed by atoms with Crippen LogP contribution >= 0.6 is 0 Å². The minimum Gasteiger partial charge on any atom is -0.472 e. The average Bonchev–Trinajstić information content (AvgIpc) is 3.26. The number of furan rings is 1. The summed E-state index contributed by atoms with van der Waals surface area (Å²) < 4.78 is 45.3. The Morgan fingerprint density at radius 1 is 1.06 bits per heavy atom. The van der Waals surface area contributed by atoms with Crippen molar-refractivity contribution in [3.63, 3.8) is 0 Å². The second kappa shape index (κ2) is 9.38. The van der Waals surface area contributed by atoms with Gasteiger partial charge < -0.3 is 20.4 Å². The fraction of sp³-hybridized carbons (Fsp3) is 0.182. The molecular weight excluding hydrogens is 411 g/mol. The summed E-state index contributed by atoms with van der Waals surface area (Å²) in [5, 5.41) is 7.56. The largest absolute Gasteiger partial charge is 0.472 e. The summed E-state index contributed by atoms with van der Waals surface area (Å²) in [5.74, 6) is -1.05. The zero-order valence-electron chi connectivity index (χ0n) is 16.5. The molecule has 3 rings (SSSR count). The molecule has 3 aromatic rings. The van der Waals surface area contributed by atoms with Crippen LogP contribution in [-0.2, 0) is 17.5 Å².